The fourth-order valence-corrected chi connectivity index (χ4v) is 3.89. The third kappa shape index (κ3) is 4.47. The van der Waals surface area contributed by atoms with Crippen LogP contribution in [0.15, 0.2) is 76.2 Å². The summed E-state index contributed by atoms with van der Waals surface area (Å²) < 4.78 is 34.0. The van der Waals surface area contributed by atoms with Crippen molar-refractivity contribution in [3.63, 3.8) is 0 Å². The smallest absolute Gasteiger partial charge is 0.295 e. The van der Waals surface area contributed by atoms with Crippen LogP contribution >= 0.6 is 0 Å². The summed E-state index contributed by atoms with van der Waals surface area (Å²) in [5.74, 6) is -0.0713. The lowest BCUT2D eigenvalue weighted by atomic mass is 9.90. The predicted molar refractivity (Wildman–Crippen MR) is 116 cm³/mol. The average molecular weight is 410 g/mol. The summed E-state index contributed by atoms with van der Waals surface area (Å²) in [4.78, 5) is 4.07. The van der Waals surface area contributed by atoms with Crippen LogP contribution in [0.5, 0.6) is 5.75 Å². The van der Waals surface area contributed by atoms with Crippen LogP contribution in [0.25, 0.3) is 5.57 Å². The van der Waals surface area contributed by atoms with Gasteiger partial charge in [-0.15, -0.1) is 0 Å². The Morgan fingerprint density at radius 1 is 1.07 bits per heavy atom. The Morgan fingerprint density at radius 3 is 2.24 bits per heavy atom. The molecular formula is C22H22N2O4S. The molecule has 2 aromatic carbocycles. The number of nitrogen functional groups attached to an aromatic ring is 1. The van der Waals surface area contributed by atoms with Gasteiger partial charge in [-0.1, -0.05) is 24.3 Å². The Morgan fingerprint density at radius 2 is 1.69 bits per heavy atom. The maximum absolute atomic E-state index is 12.1. The van der Waals surface area contributed by atoms with Gasteiger partial charge in [0.1, 0.15) is 10.6 Å². The largest absolute Gasteiger partial charge is 0.508 e. The third-order valence-electron chi connectivity index (χ3n) is 4.54. The molecule has 0 aromatic heterocycles. The summed E-state index contributed by atoms with van der Waals surface area (Å²) in [6, 6.07) is 9.56. The number of aliphatic imine (C=N–C) groups is 1. The molecule has 0 bridgehead atoms. The van der Waals surface area contributed by atoms with E-state index in [1.54, 1.807) is 31.2 Å². The van der Waals surface area contributed by atoms with E-state index >= 15 is 0 Å². The number of hydrogen-bond acceptors (Lipinski definition) is 5. The zero-order valence-electron chi connectivity index (χ0n) is 16.1. The van der Waals surface area contributed by atoms with Crippen molar-refractivity contribution in [1.82, 2.24) is 0 Å². The van der Waals surface area contributed by atoms with Crippen molar-refractivity contribution in [1.29, 1.82) is 0 Å². The molecule has 1 aliphatic carbocycles. The SMILES string of the molecule is CCN=C1C=CC(=C(c2ccc(N)cc2)c2cc(O)c(C)cc2S(=O)(=O)O)C=C1. The highest BCUT2D eigenvalue weighted by Crippen LogP contribution is 2.37. The first kappa shape index (κ1) is 20.6. The molecule has 0 saturated carbocycles. The molecular weight excluding hydrogens is 388 g/mol. The van der Waals surface area contributed by atoms with Crippen molar-refractivity contribution in [2.75, 3.05) is 12.3 Å². The van der Waals surface area contributed by atoms with Crippen LogP contribution in [0.2, 0.25) is 0 Å². The van der Waals surface area contributed by atoms with Gasteiger partial charge < -0.3 is 10.8 Å². The lowest BCUT2D eigenvalue weighted by molar-refractivity contribution is 0.468. The van der Waals surface area contributed by atoms with E-state index in [0.717, 1.165) is 5.71 Å². The van der Waals surface area contributed by atoms with Crippen molar-refractivity contribution in [2.24, 2.45) is 4.99 Å². The quantitative estimate of drug-likeness (QED) is 0.522. The molecule has 0 unspecified atom stereocenters. The van der Waals surface area contributed by atoms with Crippen molar-refractivity contribution in [3.8, 4) is 5.75 Å². The first-order valence-electron chi connectivity index (χ1n) is 9.03. The monoisotopic (exact) mass is 410 g/mol. The van der Waals surface area contributed by atoms with Crippen LogP contribution in [0.4, 0.5) is 5.69 Å². The summed E-state index contributed by atoms with van der Waals surface area (Å²) in [6.07, 6.45) is 7.31. The summed E-state index contributed by atoms with van der Waals surface area (Å²) in [7, 11) is -4.53. The van der Waals surface area contributed by atoms with Crippen molar-refractivity contribution >= 4 is 27.1 Å². The number of allylic oxidation sites excluding steroid dienone is 5. The van der Waals surface area contributed by atoms with Gasteiger partial charge in [0.15, 0.2) is 0 Å². The van der Waals surface area contributed by atoms with Gasteiger partial charge >= 0.3 is 0 Å². The Hall–Kier alpha value is -3.16. The Bertz CT molecular complexity index is 1150. The molecule has 0 atom stereocenters. The van der Waals surface area contributed by atoms with Crippen molar-refractivity contribution in [2.45, 2.75) is 18.7 Å². The van der Waals surface area contributed by atoms with Gasteiger partial charge in [0.05, 0.1) is 5.71 Å². The second-order valence-corrected chi connectivity index (χ2v) is 8.02. The van der Waals surface area contributed by atoms with E-state index < -0.39 is 10.1 Å². The Labute approximate surface area is 170 Å². The van der Waals surface area contributed by atoms with Crippen LogP contribution in [-0.2, 0) is 10.1 Å². The number of benzene rings is 2. The maximum Gasteiger partial charge on any atom is 0.295 e. The predicted octanol–water partition coefficient (Wildman–Crippen LogP) is 3.92. The lowest BCUT2D eigenvalue weighted by Gasteiger charge is -2.18. The number of hydrogen-bond donors (Lipinski definition) is 3. The molecule has 0 spiro atoms. The molecule has 0 radical (unpaired) electrons. The number of phenolic OH excluding ortho intramolecular Hbond substituents is 1. The van der Waals surface area contributed by atoms with Gasteiger partial charge in [0.2, 0.25) is 0 Å². The molecule has 29 heavy (non-hydrogen) atoms. The standard InChI is InChI=1S/C22H22N2O4S/c1-3-24-18-10-6-16(7-11-18)22(15-4-8-17(23)9-5-15)19-13-20(25)14(2)12-21(19)29(26,27)28/h4-13,25H,3,23H2,1-2H3,(H,26,27,28). The number of nitrogens with two attached hydrogens (primary N) is 1. The highest BCUT2D eigenvalue weighted by atomic mass is 32.2. The zero-order valence-corrected chi connectivity index (χ0v) is 16.9. The molecule has 0 fully saturated rings. The van der Waals surface area contributed by atoms with Gasteiger partial charge in [0.25, 0.3) is 10.1 Å². The van der Waals surface area contributed by atoms with E-state index in [0.29, 0.717) is 34.5 Å². The number of aryl methyl sites for hydroxylation is 1. The minimum absolute atomic E-state index is 0.0713. The van der Waals surface area contributed by atoms with Gasteiger partial charge in [-0.3, -0.25) is 9.55 Å². The fourth-order valence-electron chi connectivity index (χ4n) is 3.12. The van der Waals surface area contributed by atoms with Crippen molar-refractivity contribution < 1.29 is 18.1 Å². The molecule has 0 aliphatic heterocycles. The number of rotatable bonds is 4. The average Bonchev–Trinajstić information content (AvgIpc) is 2.67. The fraction of sp³-hybridized carbons (Fsp3) is 0.136. The zero-order chi connectivity index (χ0) is 21.2. The summed E-state index contributed by atoms with van der Waals surface area (Å²) in [6.45, 7) is 4.15. The maximum atomic E-state index is 12.1. The highest BCUT2D eigenvalue weighted by Gasteiger charge is 2.23. The van der Waals surface area contributed by atoms with E-state index in [-0.39, 0.29) is 16.2 Å². The molecule has 0 amide bonds. The van der Waals surface area contributed by atoms with E-state index in [1.807, 2.05) is 31.2 Å². The molecule has 1 aliphatic rings. The highest BCUT2D eigenvalue weighted by molar-refractivity contribution is 7.86. The first-order chi connectivity index (χ1) is 13.7. The number of nitrogens with zero attached hydrogens (tertiary/aromatic N) is 1. The van der Waals surface area contributed by atoms with Gasteiger partial charge in [-0.25, -0.2) is 0 Å². The molecule has 150 valence electrons. The Kier molecular flexibility index (Phi) is 5.72. The van der Waals surface area contributed by atoms with Crippen LogP contribution in [0.3, 0.4) is 0 Å². The number of anilines is 1. The number of phenols is 1. The van der Waals surface area contributed by atoms with E-state index in [2.05, 4.69) is 4.99 Å². The normalized spacial score (nSPS) is 13.6. The second-order valence-electron chi connectivity index (χ2n) is 6.63. The third-order valence-corrected chi connectivity index (χ3v) is 5.43. The summed E-state index contributed by atoms with van der Waals surface area (Å²) >= 11 is 0. The minimum Gasteiger partial charge on any atom is -0.508 e. The van der Waals surface area contributed by atoms with Crippen LogP contribution in [-0.4, -0.2) is 30.3 Å². The van der Waals surface area contributed by atoms with E-state index in [9.17, 15) is 18.1 Å². The van der Waals surface area contributed by atoms with Crippen LogP contribution < -0.4 is 5.73 Å². The molecule has 7 heteroatoms. The minimum atomic E-state index is -4.53. The van der Waals surface area contributed by atoms with Crippen molar-refractivity contribution in [3.05, 3.63) is 83.0 Å². The molecule has 3 rings (SSSR count). The second kappa shape index (κ2) is 8.06. The number of aromatic hydroxyl groups is 1. The molecule has 6 nitrogen and oxygen atoms in total. The van der Waals surface area contributed by atoms with E-state index in [1.165, 1.54) is 12.1 Å². The molecule has 0 saturated heterocycles. The summed E-state index contributed by atoms with van der Waals surface area (Å²) in [5, 5.41) is 10.3. The Balaban J connectivity index is 2.35. The van der Waals surface area contributed by atoms with Gasteiger partial charge in [-0.2, -0.15) is 8.42 Å². The van der Waals surface area contributed by atoms with E-state index in [4.69, 9.17) is 5.73 Å². The lowest BCUT2D eigenvalue weighted by Crippen LogP contribution is -2.06. The van der Waals surface area contributed by atoms with Gasteiger partial charge in [0, 0.05) is 17.8 Å². The van der Waals surface area contributed by atoms with Crippen LogP contribution in [0.1, 0.15) is 23.6 Å². The molecule has 4 N–H and O–H groups in total. The summed E-state index contributed by atoms with van der Waals surface area (Å²) in [5.41, 5.74) is 9.64. The van der Waals surface area contributed by atoms with Gasteiger partial charge in [-0.05, 0) is 72.5 Å². The molecule has 0 heterocycles. The topological polar surface area (TPSA) is 113 Å². The first-order valence-corrected chi connectivity index (χ1v) is 10.5. The van der Waals surface area contributed by atoms with Crippen LogP contribution in [0, 0.1) is 6.92 Å². The molecule has 2 aromatic rings.